The smallest absolute Gasteiger partial charge is 0.410 e. The number of hydrogen-bond donors (Lipinski definition) is 1. The Kier molecular flexibility index (Phi) is 5.43. The number of amides is 2. The van der Waals surface area contributed by atoms with Gasteiger partial charge in [0.25, 0.3) is 0 Å². The molecule has 7 heteroatoms. The second-order valence-corrected chi connectivity index (χ2v) is 6.99. The normalized spacial score (nSPS) is 22.7. The van der Waals surface area contributed by atoms with Crippen LogP contribution in [0.1, 0.15) is 41.5 Å². The van der Waals surface area contributed by atoms with Crippen molar-refractivity contribution in [2.75, 3.05) is 13.1 Å². The molecule has 1 heterocycles. The van der Waals surface area contributed by atoms with Gasteiger partial charge in [-0.15, -0.1) is 0 Å². The molecular formula is C15H26N2O5. The minimum absolute atomic E-state index is 0.0625. The van der Waals surface area contributed by atoms with Gasteiger partial charge >= 0.3 is 12.1 Å². The van der Waals surface area contributed by atoms with Gasteiger partial charge in [0.2, 0.25) is 5.91 Å². The lowest BCUT2D eigenvalue weighted by Gasteiger charge is -2.44. The Morgan fingerprint density at radius 1 is 1.18 bits per heavy atom. The van der Waals surface area contributed by atoms with Crippen LogP contribution < -0.4 is 0 Å². The van der Waals surface area contributed by atoms with Crippen molar-refractivity contribution >= 4 is 18.0 Å². The molecular weight excluding hydrogens is 288 g/mol. The highest BCUT2D eigenvalue weighted by atomic mass is 16.6. The summed E-state index contributed by atoms with van der Waals surface area (Å²) in [7, 11) is 0. The molecule has 1 fully saturated rings. The second-order valence-electron chi connectivity index (χ2n) is 6.99. The maximum Gasteiger partial charge on any atom is 0.410 e. The predicted octanol–water partition coefficient (Wildman–Crippen LogP) is 1.56. The number of carboxylic acids is 1. The van der Waals surface area contributed by atoms with Crippen LogP contribution in [0.15, 0.2) is 0 Å². The fourth-order valence-electron chi connectivity index (χ4n) is 2.43. The Bertz CT molecular complexity index is 455. The third-order valence-corrected chi connectivity index (χ3v) is 3.37. The summed E-state index contributed by atoms with van der Waals surface area (Å²) in [5.41, 5.74) is -0.649. The third-order valence-electron chi connectivity index (χ3n) is 3.37. The largest absolute Gasteiger partial charge is 0.480 e. The first-order valence-electron chi connectivity index (χ1n) is 7.47. The van der Waals surface area contributed by atoms with Gasteiger partial charge in [0, 0.05) is 18.5 Å². The Hall–Kier alpha value is -1.79. The van der Waals surface area contributed by atoms with Gasteiger partial charge in [-0.25, -0.2) is 9.59 Å². The molecule has 1 aliphatic rings. The van der Waals surface area contributed by atoms with Crippen LogP contribution in [0.4, 0.5) is 4.79 Å². The lowest BCUT2D eigenvalue weighted by molar-refractivity contribution is -0.158. The van der Waals surface area contributed by atoms with Crippen molar-refractivity contribution in [2.45, 2.75) is 59.2 Å². The van der Waals surface area contributed by atoms with Gasteiger partial charge in [0.15, 0.2) is 0 Å². The number of carbonyl (C=O) groups is 3. The van der Waals surface area contributed by atoms with E-state index >= 15 is 0 Å². The highest BCUT2D eigenvalue weighted by molar-refractivity contribution is 5.86. The van der Waals surface area contributed by atoms with Crippen LogP contribution in [0.5, 0.6) is 0 Å². The molecule has 0 aromatic rings. The monoisotopic (exact) mass is 314 g/mol. The van der Waals surface area contributed by atoms with Crippen molar-refractivity contribution in [2.24, 2.45) is 5.92 Å². The highest BCUT2D eigenvalue weighted by Gasteiger charge is 2.42. The van der Waals surface area contributed by atoms with Crippen molar-refractivity contribution in [3.05, 3.63) is 0 Å². The number of aliphatic carboxylic acids is 1. The van der Waals surface area contributed by atoms with E-state index in [1.54, 1.807) is 41.5 Å². The van der Waals surface area contributed by atoms with Gasteiger partial charge in [0.05, 0.1) is 6.54 Å². The number of piperazine rings is 1. The maximum atomic E-state index is 12.3. The summed E-state index contributed by atoms with van der Waals surface area (Å²) in [4.78, 5) is 38.6. The van der Waals surface area contributed by atoms with Crippen molar-refractivity contribution in [1.29, 1.82) is 0 Å². The van der Waals surface area contributed by atoms with Crippen LogP contribution in [0.25, 0.3) is 0 Å². The van der Waals surface area contributed by atoms with E-state index in [4.69, 9.17) is 4.74 Å². The number of rotatable bonds is 2. The molecule has 0 unspecified atom stereocenters. The Morgan fingerprint density at radius 2 is 1.73 bits per heavy atom. The minimum atomic E-state index is -1.12. The average molecular weight is 314 g/mol. The quantitative estimate of drug-likeness (QED) is 0.836. The highest BCUT2D eigenvalue weighted by Crippen LogP contribution is 2.21. The van der Waals surface area contributed by atoms with Crippen LogP contribution in [0.2, 0.25) is 0 Å². The number of carboxylic acid groups (broad SMARTS) is 1. The van der Waals surface area contributed by atoms with Crippen LogP contribution >= 0.6 is 0 Å². The molecule has 22 heavy (non-hydrogen) atoms. The Labute approximate surface area is 131 Å². The lowest BCUT2D eigenvalue weighted by Crippen LogP contribution is -2.64. The predicted molar refractivity (Wildman–Crippen MR) is 80.4 cm³/mol. The minimum Gasteiger partial charge on any atom is -0.480 e. The van der Waals surface area contributed by atoms with Crippen LogP contribution in [-0.2, 0) is 14.3 Å². The lowest BCUT2D eigenvalue weighted by atomic mass is 10.0. The number of carbonyl (C=O) groups excluding carboxylic acids is 2. The molecule has 0 aromatic carbocycles. The Morgan fingerprint density at radius 3 is 2.14 bits per heavy atom. The molecule has 7 nitrogen and oxygen atoms in total. The SMILES string of the molecule is CC(C)C(=O)N1[C@H](C)CN(C(=O)OC(C)(C)C)C[C@@H]1C(=O)O. The van der Waals surface area contributed by atoms with Gasteiger partial charge < -0.3 is 19.6 Å². The summed E-state index contributed by atoms with van der Waals surface area (Å²) < 4.78 is 5.29. The number of nitrogens with zero attached hydrogens (tertiary/aromatic N) is 2. The Balaban J connectivity index is 2.95. The fourth-order valence-corrected chi connectivity index (χ4v) is 2.43. The molecule has 1 aliphatic heterocycles. The summed E-state index contributed by atoms with van der Waals surface area (Å²) in [6.07, 6.45) is -0.553. The zero-order valence-corrected chi connectivity index (χ0v) is 14.1. The van der Waals surface area contributed by atoms with E-state index in [1.807, 2.05) is 0 Å². The van der Waals surface area contributed by atoms with Gasteiger partial charge in [-0.3, -0.25) is 4.79 Å². The second kappa shape index (κ2) is 6.54. The van der Waals surface area contributed by atoms with Gasteiger partial charge in [-0.2, -0.15) is 0 Å². The summed E-state index contributed by atoms with van der Waals surface area (Å²) in [6, 6.07) is -1.43. The summed E-state index contributed by atoms with van der Waals surface area (Å²) in [5, 5.41) is 9.42. The number of hydrogen-bond acceptors (Lipinski definition) is 4. The van der Waals surface area contributed by atoms with E-state index in [2.05, 4.69) is 0 Å². The molecule has 0 aromatic heterocycles. The molecule has 0 radical (unpaired) electrons. The van der Waals surface area contributed by atoms with E-state index in [1.165, 1.54) is 9.80 Å². The van der Waals surface area contributed by atoms with E-state index in [9.17, 15) is 19.5 Å². The average Bonchev–Trinajstić information content (AvgIpc) is 2.34. The van der Waals surface area contributed by atoms with Gasteiger partial charge in [-0.05, 0) is 27.7 Å². The fraction of sp³-hybridized carbons (Fsp3) is 0.800. The van der Waals surface area contributed by atoms with E-state index < -0.39 is 23.7 Å². The summed E-state index contributed by atoms with van der Waals surface area (Å²) in [6.45, 7) is 10.7. The standard InChI is InChI=1S/C15H26N2O5/c1-9(2)12(18)17-10(3)7-16(8-11(17)13(19)20)14(21)22-15(4,5)6/h9-11H,7-8H2,1-6H3,(H,19,20)/t10-,11-/m1/s1. The number of ether oxygens (including phenoxy) is 1. The molecule has 1 rings (SSSR count). The zero-order valence-electron chi connectivity index (χ0n) is 14.1. The van der Waals surface area contributed by atoms with Gasteiger partial charge in [-0.1, -0.05) is 13.8 Å². The topological polar surface area (TPSA) is 87.2 Å². The molecule has 0 bridgehead atoms. The first-order valence-corrected chi connectivity index (χ1v) is 7.47. The zero-order chi connectivity index (χ0) is 17.2. The summed E-state index contributed by atoms with van der Waals surface area (Å²) in [5.74, 6) is -1.63. The van der Waals surface area contributed by atoms with E-state index in [-0.39, 0.29) is 31.0 Å². The molecule has 0 aliphatic carbocycles. The molecule has 126 valence electrons. The third kappa shape index (κ3) is 4.35. The van der Waals surface area contributed by atoms with Gasteiger partial charge in [0.1, 0.15) is 11.6 Å². The van der Waals surface area contributed by atoms with Crippen LogP contribution in [0, 0.1) is 5.92 Å². The van der Waals surface area contributed by atoms with E-state index in [0.717, 1.165) is 0 Å². The summed E-state index contributed by atoms with van der Waals surface area (Å²) >= 11 is 0. The maximum absolute atomic E-state index is 12.3. The molecule has 1 saturated heterocycles. The van der Waals surface area contributed by atoms with Crippen molar-refractivity contribution < 1.29 is 24.2 Å². The molecule has 2 amide bonds. The van der Waals surface area contributed by atoms with Crippen LogP contribution in [-0.4, -0.2) is 63.7 Å². The van der Waals surface area contributed by atoms with Crippen molar-refractivity contribution in [1.82, 2.24) is 9.80 Å². The molecule has 1 N–H and O–H groups in total. The van der Waals surface area contributed by atoms with E-state index in [0.29, 0.717) is 0 Å². The molecule has 2 atom stereocenters. The molecule has 0 saturated carbocycles. The van der Waals surface area contributed by atoms with Crippen LogP contribution in [0.3, 0.4) is 0 Å². The molecule has 0 spiro atoms. The first-order chi connectivity index (χ1) is 9.94. The van der Waals surface area contributed by atoms with Crippen molar-refractivity contribution in [3.63, 3.8) is 0 Å². The first kappa shape index (κ1) is 18.3. The van der Waals surface area contributed by atoms with Crippen molar-refractivity contribution in [3.8, 4) is 0 Å².